The monoisotopic (exact) mass is 497 g/mol. The predicted molar refractivity (Wildman–Crippen MR) is 119 cm³/mol. The molecule has 0 bridgehead atoms. The van der Waals surface area contributed by atoms with Gasteiger partial charge in [-0.2, -0.15) is 4.31 Å². The topological polar surface area (TPSA) is 122 Å². The maximum atomic E-state index is 13.6. The number of halogens is 2. The van der Waals surface area contributed by atoms with E-state index < -0.39 is 52.1 Å². The normalized spacial score (nSPS) is 12.2. The number of nitrogens with one attached hydrogen (secondary N) is 2. The minimum Gasteiger partial charge on any atom is -0.451 e. The number of esters is 1. The SMILES string of the molecule is CCN(CC)S(=O)(=O)c1ccc(C(=O)NCC(=O)OC(C)C(=O)Nc2ccc(F)cc2F)cc1. The number of amides is 2. The molecule has 0 aromatic heterocycles. The highest BCUT2D eigenvalue weighted by Crippen LogP contribution is 2.17. The number of sulfonamides is 1. The van der Waals surface area contributed by atoms with Crippen LogP contribution in [0, 0.1) is 11.6 Å². The van der Waals surface area contributed by atoms with E-state index in [0.717, 1.165) is 12.1 Å². The van der Waals surface area contributed by atoms with Gasteiger partial charge < -0.3 is 15.4 Å². The average Bonchev–Trinajstić information content (AvgIpc) is 2.79. The number of hydrogen-bond donors (Lipinski definition) is 2. The molecule has 0 aliphatic heterocycles. The summed E-state index contributed by atoms with van der Waals surface area (Å²) in [6, 6.07) is 7.78. The average molecular weight is 498 g/mol. The Kier molecular flexibility index (Phi) is 9.21. The van der Waals surface area contributed by atoms with Gasteiger partial charge in [0, 0.05) is 24.7 Å². The molecule has 12 heteroatoms. The summed E-state index contributed by atoms with van der Waals surface area (Å²) in [5, 5.41) is 4.47. The van der Waals surface area contributed by atoms with Crippen molar-refractivity contribution in [3.63, 3.8) is 0 Å². The molecular weight excluding hydrogens is 472 g/mol. The molecule has 0 spiro atoms. The fourth-order valence-electron chi connectivity index (χ4n) is 2.86. The summed E-state index contributed by atoms with van der Waals surface area (Å²) in [5.41, 5.74) is -0.169. The van der Waals surface area contributed by atoms with E-state index in [9.17, 15) is 31.6 Å². The first kappa shape index (κ1) is 26.9. The van der Waals surface area contributed by atoms with Crippen LogP contribution in [0.4, 0.5) is 14.5 Å². The van der Waals surface area contributed by atoms with E-state index in [0.29, 0.717) is 19.2 Å². The molecule has 2 amide bonds. The lowest BCUT2D eigenvalue weighted by molar-refractivity contribution is -0.152. The van der Waals surface area contributed by atoms with Crippen LogP contribution in [0.5, 0.6) is 0 Å². The number of carbonyl (C=O) groups is 3. The Morgan fingerprint density at radius 2 is 1.65 bits per heavy atom. The molecule has 0 aliphatic carbocycles. The fourth-order valence-corrected chi connectivity index (χ4v) is 4.32. The number of carbonyl (C=O) groups excluding carboxylic acids is 3. The summed E-state index contributed by atoms with van der Waals surface area (Å²) in [6.07, 6.45) is -1.32. The summed E-state index contributed by atoms with van der Waals surface area (Å²) >= 11 is 0. The molecule has 2 rings (SSSR count). The second kappa shape index (κ2) is 11.7. The molecule has 9 nitrogen and oxygen atoms in total. The third-order valence-corrected chi connectivity index (χ3v) is 6.78. The van der Waals surface area contributed by atoms with Gasteiger partial charge >= 0.3 is 5.97 Å². The van der Waals surface area contributed by atoms with Crippen LogP contribution in [0.2, 0.25) is 0 Å². The number of benzene rings is 2. The van der Waals surface area contributed by atoms with Crippen molar-refractivity contribution in [1.29, 1.82) is 0 Å². The number of ether oxygens (including phenoxy) is 1. The molecule has 34 heavy (non-hydrogen) atoms. The van der Waals surface area contributed by atoms with Crippen molar-refractivity contribution in [2.75, 3.05) is 25.0 Å². The molecule has 1 unspecified atom stereocenters. The lowest BCUT2D eigenvalue weighted by Crippen LogP contribution is -2.36. The fraction of sp³-hybridized carbons (Fsp3) is 0.318. The van der Waals surface area contributed by atoms with Crippen molar-refractivity contribution < 1.29 is 36.3 Å². The summed E-state index contributed by atoms with van der Waals surface area (Å²) in [7, 11) is -3.67. The molecule has 2 aromatic rings. The summed E-state index contributed by atoms with van der Waals surface area (Å²) in [4.78, 5) is 36.3. The third kappa shape index (κ3) is 6.81. The maximum absolute atomic E-state index is 13.6. The minimum absolute atomic E-state index is 0.0320. The van der Waals surface area contributed by atoms with Gasteiger partial charge in [-0.15, -0.1) is 0 Å². The Hall–Kier alpha value is -3.38. The van der Waals surface area contributed by atoms with Crippen molar-refractivity contribution in [3.05, 3.63) is 59.7 Å². The number of hydrogen-bond acceptors (Lipinski definition) is 6. The van der Waals surface area contributed by atoms with E-state index in [2.05, 4.69) is 10.6 Å². The highest BCUT2D eigenvalue weighted by molar-refractivity contribution is 7.89. The zero-order valence-corrected chi connectivity index (χ0v) is 19.6. The highest BCUT2D eigenvalue weighted by Gasteiger charge is 2.22. The summed E-state index contributed by atoms with van der Waals surface area (Å²) in [6.45, 7) is 4.71. The number of anilines is 1. The van der Waals surface area contributed by atoms with Gasteiger partial charge in [0.05, 0.1) is 10.6 Å². The molecule has 0 fully saturated rings. The molecule has 0 saturated carbocycles. The van der Waals surface area contributed by atoms with E-state index in [4.69, 9.17) is 4.74 Å². The second-order valence-corrected chi connectivity index (χ2v) is 8.98. The molecule has 0 radical (unpaired) electrons. The second-order valence-electron chi connectivity index (χ2n) is 7.04. The van der Waals surface area contributed by atoms with Gasteiger partial charge in [0.15, 0.2) is 6.10 Å². The van der Waals surface area contributed by atoms with Gasteiger partial charge in [-0.1, -0.05) is 13.8 Å². The van der Waals surface area contributed by atoms with Crippen LogP contribution in [-0.2, 0) is 24.3 Å². The first-order valence-corrected chi connectivity index (χ1v) is 11.8. The lowest BCUT2D eigenvalue weighted by Gasteiger charge is -2.18. The Labute approximate surface area is 196 Å². The van der Waals surface area contributed by atoms with E-state index in [1.54, 1.807) is 13.8 Å². The van der Waals surface area contributed by atoms with E-state index in [1.165, 1.54) is 35.5 Å². The molecule has 2 N–H and O–H groups in total. The molecular formula is C22H25F2N3O6S. The van der Waals surface area contributed by atoms with Crippen LogP contribution < -0.4 is 10.6 Å². The smallest absolute Gasteiger partial charge is 0.326 e. The van der Waals surface area contributed by atoms with E-state index in [1.807, 2.05) is 0 Å². The quantitative estimate of drug-likeness (QED) is 0.486. The molecule has 0 saturated heterocycles. The molecule has 0 aliphatic rings. The molecule has 1 atom stereocenters. The van der Waals surface area contributed by atoms with Crippen molar-refractivity contribution in [2.45, 2.75) is 31.8 Å². The van der Waals surface area contributed by atoms with Crippen molar-refractivity contribution >= 4 is 33.5 Å². The Bertz CT molecular complexity index is 1150. The summed E-state index contributed by atoms with van der Waals surface area (Å²) < 4.78 is 57.7. The third-order valence-electron chi connectivity index (χ3n) is 4.72. The van der Waals surface area contributed by atoms with E-state index in [-0.39, 0.29) is 16.1 Å². The first-order chi connectivity index (χ1) is 16.0. The lowest BCUT2D eigenvalue weighted by atomic mass is 10.2. The van der Waals surface area contributed by atoms with Gasteiger partial charge in [0.1, 0.15) is 18.2 Å². The molecule has 2 aromatic carbocycles. The van der Waals surface area contributed by atoms with Crippen LogP contribution in [0.3, 0.4) is 0 Å². The standard InChI is InChI=1S/C22H25F2N3O6S/c1-4-27(5-2)34(31,32)17-9-6-15(7-10-17)22(30)25-13-20(28)33-14(3)21(29)26-19-11-8-16(23)12-18(19)24/h6-12,14H,4-5,13H2,1-3H3,(H,25,30)(H,26,29). The Morgan fingerprint density at radius 1 is 1.03 bits per heavy atom. The predicted octanol–water partition coefficient (Wildman–Crippen LogP) is 2.30. The Morgan fingerprint density at radius 3 is 2.21 bits per heavy atom. The van der Waals surface area contributed by atoms with Gasteiger partial charge in [-0.05, 0) is 43.3 Å². The van der Waals surface area contributed by atoms with Gasteiger partial charge in [-0.25, -0.2) is 17.2 Å². The first-order valence-electron chi connectivity index (χ1n) is 10.3. The largest absolute Gasteiger partial charge is 0.451 e. The number of rotatable bonds is 10. The van der Waals surface area contributed by atoms with Crippen molar-refractivity contribution in [3.8, 4) is 0 Å². The van der Waals surface area contributed by atoms with Gasteiger partial charge in [0.25, 0.3) is 11.8 Å². The van der Waals surface area contributed by atoms with Gasteiger partial charge in [0.2, 0.25) is 10.0 Å². The van der Waals surface area contributed by atoms with Crippen molar-refractivity contribution in [1.82, 2.24) is 9.62 Å². The van der Waals surface area contributed by atoms with E-state index >= 15 is 0 Å². The summed E-state index contributed by atoms with van der Waals surface area (Å²) in [5.74, 6) is -4.25. The molecule has 184 valence electrons. The maximum Gasteiger partial charge on any atom is 0.326 e. The van der Waals surface area contributed by atoms with Crippen molar-refractivity contribution in [2.24, 2.45) is 0 Å². The Balaban J connectivity index is 1.89. The van der Waals surface area contributed by atoms with Crippen LogP contribution in [0.1, 0.15) is 31.1 Å². The minimum atomic E-state index is -3.67. The zero-order chi connectivity index (χ0) is 25.5. The van der Waals surface area contributed by atoms with Gasteiger partial charge in [-0.3, -0.25) is 14.4 Å². The van der Waals surface area contributed by atoms with Crippen LogP contribution >= 0.6 is 0 Å². The number of nitrogens with zero attached hydrogens (tertiary/aromatic N) is 1. The van der Waals surface area contributed by atoms with Crippen LogP contribution in [0.25, 0.3) is 0 Å². The van der Waals surface area contributed by atoms with Crippen LogP contribution in [-0.4, -0.2) is 56.2 Å². The van der Waals surface area contributed by atoms with Crippen LogP contribution in [0.15, 0.2) is 47.4 Å². The molecule has 0 heterocycles. The zero-order valence-electron chi connectivity index (χ0n) is 18.8. The highest BCUT2D eigenvalue weighted by atomic mass is 32.2.